The van der Waals surface area contributed by atoms with E-state index in [1.807, 2.05) is 31.2 Å². The first kappa shape index (κ1) is 16.5. The van der Waals surface area contributed by atoms with Crippen LogP contribution in [0.5, 0.6) is 0 Å². The normalized spacial score (nSPS) is 10.9. The first-order chi connectivity index (χ1) is 11.7. The molecule has 0 fully saturated rings. The summed E-state index contributed by atoms with van der Waals surface area (Å²) in [6.45, 7) is 1.91. The highest BCUT2D eigenvalue weighted by molar-refractivity contribution is 7.99. The number of hydrogen-bond acceptors (Lipinski definition) is 4. The van der Waals surface area contributed by atoms with Crippen LogP contribution in [-0.4, -0.2) is 27.8 Å². The number of carbonyl (C=O) groups excluding carboxylic acids is 2. The van der Waals surface area contributed by atoms with E-state index in [4.69, 9.17) is 0 Å². The Morgan fingerprint density at radius 3 is 2.79 bits per heavy atom. The first-order valence-corrected chi connectivity index (χ1v) is 8.82. The topological polar surface area (TPSA) is 62.8 Å². The molecule has 0 unspecified atom stereocenters. The number of H-pyrrole nitrogens is 1. The third-order valence-corrected chi connectivity index (χ3v) is 4.92. The van der Waals surface area contributed by atoms with Gasteiger partial charge in [0.2, 0.25) is 0 Å². The SMILES string of the molecule is Cc1cc2[nH]c(C=O)nc2cc1C(=O)CCCSc1ccccc1. The Morgan fingerprint density at radius 1 is 1.25 bits per heavy atom. The lowest BCUT2D eigenvalue weighted by molar-refractivity contribution is 0.0981. The van der Waals surface area contributed by atoms with Crippen molar-refractivity contribution < 1.29 is 9.59 Å². The molecule has 1 aromatic heterocycles. The van der Waals surface area contributed by atoms with Crippen LogP contribution in [0.2, 0.25) is 0 Å². The van der Waals surface area contributed by atoms with Gasteiger partial charge < -0.3 is 4.98 Å². The number of aldehydes is 1. The number of fused-ring (bicyclic) bond motifs is 1. The van der Waals surface area contributed by atoms with Gasteiger partial charge in [-0.2, -0.15) is 0 Å². The van der Waals surface area contributed by atoms with Gasteiger partial charge >= 0.3 is 0 Å². The van der Waals surface area contributed by atoms with Gasteiger partial charge in [-0.05, 0) is 48.9 Å². The number of carbonyl (C=O) groups is 2. The van der Waals surface area contributed by atoms with Gasteiger partial charge in [0.1, 0.15) is 0 Å². The molecule has 0 aliphatic carbocycles. The minimum absolute atomic E-state index is 0.124. The molecule has 4 nitrogen and oxygen atoms in total. The number of ketones is 1. The molecule has 0 aliphatic heterocycles. The Hall–Kier alpha value is -2.40. The number of benzene rings is 2. The maximum absolute atomic E-state index is 12.5. The van der Waals surface area contributed by atoms with Crippen LogP contribution in [0.15, 0.2) is 47.4 Å². The zero-order valence-electron chi connectivity index (χ0n) is 13.4. The lowest BCUT2D eigenvalue weighted by atomic mass is 10.0. The quantitative estimate of drug-likeness (QED) is 0.299. The molecule has 3 rings (SSSR count). The van der Waals surface area contributed by atoms with E-state index in [1.165, 1.54) is 4.90 Å². The van der Waals surface area contributed by atoms with Crippen LogP contribution in [0.4, 0.5) is 0 Å². The lowest BCUT2D eigenvalue weighted by Gasteiger charge is -2.05. The third-order valence-electron chi connectivity index (χ3n) is 3.82. The van der Waals surface area contributed by atoms with E-state index in [0.29, 0.717) is 23.8 Å². The van der Waals surface area contributed by atoms with Crippen LogP contribution >= 0.6 is 11.8 Å². The maximum atomic E-state index is 12.5. The monoisotopic (exact) mass is 338 g/mol. The van der Waals surface area contributed by atoms with Gasteiger partial charge in [-0.1, -0.05) is 18.2 Å². The summed E-state index contributed by atoms with van der Waals surface area (Å²) in [5.41, 5.74) is 3.04. The van der Waals surface area contributed by atoms with Gasteiger partial charge in [0, 0.05) is 16.9 Å². The van der Waals surface area contributed by atoms with Crippen LogP contribution in [0.1, 0.15) is 39.4 Å². The van der Waals surface area contributed by atoms with Crippen molar-refractivity contribution in [1.29, 1.82) is 0 Å². The molecule has 5 heteroatoms. The second kappa shape index (κ2) is 7.45. The molecule has 24 heavy (non-hydrogen) atoms. The fourth-order valence-electron chi connectivity index (χ4n) is 2.62. The molecule has 1 N–H and O–H groups in total. The molecule has 0 radical (unpaired) electrons. The Bertz CT molecular complexity index is 872. The molecule has 122 valence electrons. The summed E-state index contributed by atoms with van der Waals surface area (Å²) in [7, 11) is 0. The number of aromatic nitrogens is 2. The van der Waals surface area contributed by atoms with Gasteiger partial charge in [0.15, 0.2) is 17.9 Å². The van der Waals surface area contributed by atoms with E-state index < -0.39 is 0 Å². The zero-order valence-corrected chi connectivity index (χ0v) is 14.2. The lowest BCUT2D eigenvalue weighted by Crippen LogP contribution is -2.02. The van der Waals surface area contributed by atoms with Crippen LogP contribution < -0.4 is 0 Å². The van der Waals surface area contributed by atoms with E-state index in [2.05, 4.69) is 22.1 Å². The Kier molecular flexibility index (Phi) is 5.11. The first-order valence-electron chi connectivity index (χ1n) is 7.84. The summed E-state index contributed by atoms with van der Waals surface area (Å²) < 4.78 is 0. The fourth-order valence-corrected chi connectivity index (χ4v) is 3.49. The highest BCUT2D eigenvalue weighted by Crippen LogP contribution is 2.22. The number of aryl methyl sites for hydroxylation is 1. The fraction of sp³-hybridized carbons (Fsp3) is 0.211. The number of hydrogen-bond donors (Lipinski definition) is 1. The molecule has 3 aromatic rings. The van der Waals surface area contributed by atoms with Crippen molar-refractivity contribution in [2.45, 2.75) is 24.7 Å². The predicted octanol–water partition coefficient (Wildman–Crippen LogP) is 4.44. The van der Waals surface area contributed by atoms with Crippen molar-refractivity contribution in [3.8, 4) is 0 Å². The standard InChI is InChI=1S/C19H18N2O2S/c1-13-10-16-17(21-19(12-22)20-16)11-15(13)18(23)8-5-9-24-14-6-3-2-4-7-14/h2-4,6-7,10-12H,5,8-9H2,1H3,(H,20,21). The van der Waals surface area contributed by atoms with Gasteiger partial charge in [-0.3, -0.25) is 9.59 Å². The molecule has 2 aromatic carbocycles. The highest BCUT2D eigenvalue weighted by atomic mass is 32.2. The zero-order chi connectivity index (χ0) is 16.9. The van der Waals surface area contributed by atoms with Crippen molar-refractivity contribution in [3.63, 3.8) is 0 Å². The van der Waals surface area contributed by atoms with Crippen LogP contribution in [0.3, 0.4) is 0 Å². The Labute approximate surface area is 144 Å². The number of rotatable bonds is 7. The largest absolute Gasteiger partial charge is 0.336 e. The molecular weight excluding hydrogens is 320 g/mol. The van der Waals surface area contributed by atoms with Gasteiger partial charge in [0.25, 0.3) is 0 Å². The minimum atomic E-state index is 0.124. The van der Waals surface area contributed by atoms with E-state index in [0.717, 1.165) is 23.3 Å². The Morgan fingerprint density at radius 2 is 2.04 bits per heavy atom. The summed E-state index contributed by atoms with van der Waals surface area (Å²) in [6, 6.07) is 13.8. The van der Waals surface area contributed by atoms with Gasteiger partial charge in [0.05, 0.1) is 11.0 Å². The summed E-state index contributed by atoms with van der Waals surface area (Å²) in [5, 5.41) is 0. The van der Waals surface area contributed by atoms with Crippen LogP contribution in [0, 0.1) is 6.92 Å². The number of thioether (sulfide) groups is 1. The van der Waals surface area contributed by atoms with E-state index in [9.17, 15) is 9.59 Å². The summed E-state index contributed by atoms with van der Waals surface area (Å²) in [5.74, 6) is 1.32. The van der Waals surface area contributed by atoms with Crippen molar-refractivity contribution >= 4 is 34.9 Å². The highest BCUT2D eigenvalue weighted by Gasteiger charge is 2.12. The average Bonchev–Trinajstić information content (AvgIpc) is 3.00. The average molecular weight is 338 g/mol. The van der Waals surface area contributed by atoms with Crippen LogP contribution in [-0.2, 0) is 0 Å². The molecule has 0 bridgehead atoms. The molecule has 0 spiro atoms. The molecule has 0 saturated carbocycles. The third kappa shape index (κ3) is 3.74. The van der Waals surface area contributed by atoms with Crippen molar-refractivity contribution in [2.75, 3.05) is 5.75 Å². The van der Waals surface area contributed by atoms with Crippen LogP contribution in [0.25, 0.3) is 11.0 Å². The summed E-state index contributed by atoms with van der Waals surface area (Å²) in [6.07, 6.45) is 2.02. The number of imidazole rings is 1. The number of Topliss-reactive ketones (excluding diaryl/α,β-unsaturated/α-hetero) is 1. The van der Waals surface area contributed by atoms with E-state index in [1.54, 1.807) is 17.8 Å². The molecule has 0 atom stereocenters. The maximum Gasteiger partial charge on any atom is 0.185 e. The van der Waals surface area contributed by atoms with E-state index in [-0.39, 0.29) is 11.6 Å². The molecule has 0 aliphatic rings. The second-order valence-electron chi connectivity index (χ2n) is 5.61. The van der Waals surface area contributed by atoms with Crippen molar-refractivity contribution in [3.05, 3.63) is 59.4 Å². The summed E-state index contributed by atoms with van der Waals surface area (Å²) in [4.78, 5) is 31.6. The molecule has 1 heterocycles. The van der Waals surface area contributed by atoms with Gasteiger partial charge in [-0.25, -0.2) is 4.98 Å². The second-order valence-corrected chi connectivity index (χ2v) is 6.78. The molecule has 0 saturated heterocycles. The van der Waals surface area contributed by atoms with E-state index >= 15 is 0 Å². The smallest absolute Gasteiger partial charge is 0.185 e. The molecular formula is C19H18N2O2S. The number of nitrogens with zero attached hydrogens (tertiary/aromatic N) is 1. The number of nitrogens with one attached hydrogen (secondary N) is 1. The Balaban J connectivity index is 1.63. The van der Waals surface area contributed by atoms with Crippen molar-refractivity contribution in [2.24, 2.45) is 0 Å². The number of aromatic amines is 1. The van der Waals surface area contributed by atoms with Gasteiger partial charge in [-0.15, -0.1) is 11.8 Å². The molecule has 0 amide bonds. The minimum Gasteiger partial charge on any atom is -0.336 e. The predicted molar refractivity (Wildman–Crippen MR) is 96.9 cm³/mol. The van der Waals surface area contributed by atoms with Crippen molar-refractivity contribution in [1.82, 2.24) is 9.97 Å². The summed E-state index contributed by atoms with van der Waals surface area (Å²) >= 11 is 1.76.